The highest BCUT2D eigenvalue weighted by molar-refractivity contribution is 7.99. The van der Waals surface area contributed by atoms with Crippen molar-refractivity contribution in [3.63, 3.8) is 0 Å². The number of amides is 3. The number of Topliss-reactive ketones (excluding diaryl/α,β-unsaturated/α-hetero) is 1. The van der Waals surface area contributed by atoms with Crippen molar-refractivity contribution in [1.29, 1.82) is 0 Å². The quantitative estimate of drug-likeness (QED) is 0.534. The summed E-state index contributed by atoms with van der Waals surface area (Å²) >= 11 is 6.96. The predicted molar refractivity (Wildman–Crippen MR) is 98.8 cm³/mol. The smallest absolute Gasteiger partial charge is 0.321 e. The molecule has 1 aliphatic rings. The molecule has 1 aromatic heterocycles. The van der Waals surface area contributed by atoms with E-state index in [0.29, 0.717) is 34.5 Å². The van der Waals surface area contributed by atoms with Gasteiger partial charge in [-0.25, -0.2) is 4.79 Å². The van der Waals surface area contributed by atoms with Gasteiger partial charge in [0, 0.05) is 23.0 Å². The van der Waals surface area contributed by atoms with Crippen molar-refractivity contribution in [2.75, 3.05) is 5.75 Å². The average Bonchev–Trinajstić information content (AvgIpc) is 3.07. The number of ketones is 1. The lowest BCUT2D eigenvalue weighted by molar-refractivity contribution is -0.125. The van der Waals surface area contributed by atoms with E-state index < -0.39 is 6.03 Å². The molecule has 0 aliphatic carbocycles. The minimum absolute atomic E-state index is 0.0696. The molecule has 2 heterocycles. The molecule has 0 saturated carbocycles. The molecule has 2 N–H and O–H groups in total. The van der Waals surface area contributed by atoms with Gasteiger partial charge in [-0.05, 0) is 37.6 Å². The van der Waals surface area contributed by atoms with Crippen molar-refractivity contribution in [2.24, 2.45) is 5.92 Å². The number of carbonyl (C=O) groups is 3. The fourth-order valence-corrected chi connectivity index (χ4v) is 3.48. The van der Waals surface area contributed by atoms with Gasteiger partial charge in [0.15, 0.2) is 5.78 Å². The summed E-state index contributed by atoms with van der Waals surface area (Å²) in [5.74, 6) is -0.198. The molecule has 1 saturated heterocycles. The third-order valence-electron chi connectivity index (χ3n) is 4.15. The highest BCUT2D eigenvalue weighted by Crippen LogP contribution is 2.21. The molecule has 0 spiro atoms. The van der Waals surface area contributed by atoms with Gasteiger partial charge in [0.1, 0.15) is 0 Å². The van der Waals surface area contributed by atoms with Gasteiger partial charge in [0.05, 0.1) is 11.7 Å². The van der Waals surface area contributed by atoms with E-state index in [1.807, 2.05) is 0 Å². The van der Waals surface area contributed by atoms with Crippen molar-refractivity contribution < 1.29 is 18.8 Å². The summed E-state index contributed by atoms with van der Waals surface area (Å²) in [6.45, 7) is 1.78. The molecule has 0 radical (unpaired) electrons. The molecule has 3 rings (SSSR count). The molecule has 1 aliphatic heterocycles. The summed E-state index contributed by atoms with van der Waals surface area (Å²) in [5.41, 5.74) is 0.561. The van der Waals surface area contributed by atoms with Crippen molar-refractivity contribution >= 4 is 41.1 Å². The SMILES string of the molecule is CC1NC(=O)NC(=O)C1CCc1nnc(SCC(=O)c2ccc(Cl)cc2)o1. The molecule has 2 atom stereocenters. The van der Waals surface area contributed by atoms with Crippen molar-refractivity contribution in [1.82, 2.24) is 20.8 Å². The van der Waals surface area contributed by atoms with Gasteiger partial charge in [-0.15, -0.1) is 10.2 Å². The predicted octanol–water partition coefficient (Wildman–Crippen LogP) is 2.47. The second-order valence-corrected chi connectivity index (χ2v) is 7.44. The van der Waals surface area contributed by atoms with Gasteiger partial charge in [0.2, 0.25) is 11.8 Å². The van der Waals surface area contributed by atoms with E-state index in [4.69, 9.17) is 16.0 Å². The number of thioether (sulfide) groups is 1. The van der Waals surface area contributed by atoms with E-state index in [0.717, 1.165) is 11.8 Å². The Balaban J connectivity index is 1.50. The monoisotopic (exact) mass is 408 g/mol. The second kappa shape index (κ2) is 8.53. The van der Waals surface area contributed by atoms with Crippen LogP contribution in [-0.2, 0) is 11.2 Å². The zero-order valence-electron chi connectivity index (χ0n) is 14.4. The standard InChI is InChI=1S/C17H17ClN4O4S/c1-9-12(15(24)20-16(25)19-9)6-7-14-21-22-17(26-14)27-8-13(23)10-2-4-11(18)5-3-10/h2-5,9,12H,6-8H2,1H3,(H2,19,20,24,25). The first-order chi connectivity index (χ1) is 12.9. The van der Waals surface area contributed by atoms with Gasteiger partial charge in [-0.3, -0.25) is 14.9 Å². The summed E-state index contributed by atoms with van der Waals surface area (Å²) in [5, 5.41) is 13.6. The normalized spacial score (nSPS) is 19.5. The number of hydrogen-bond donors (Lipinski definition) is 2. The fraction of sp³-hybridized carbons (Fsp3) is 0.353. The van der Waals surface area contributed by atoms with Gasteiger partial charge < -0.3 is 9.73 Å². The van der Waals surface area contributed by atoms with Gasteiger partial charge in [-0.1, -0.05) is 23.4 Å². The second-order valence-electron chi connectivity index (χ2n) is 6.08. The van der Waals surface area contributed by atoms with E-state index in [2.05, 4.69) is 20.8 Å². The summed E-state index contributed by atoms with van der Waals surface area (Å²) in [6, 6.07) is 5.91. The number of nitrogens with one attached hydrogen (secondary N) is 2. The summed E-state index contributed by atoms with van der Waals surface area (Å²) in [6.07, 6.45) is 0.861. The lowest BCUT2D eigenvalue weighted by atomic mass is 9.93. The van der Waals surface area contributed by atoms with Gasteiger partial charge in [0.25, 0.3) is 5.22 Å². The number of urea groups is 1. The van der Waals surface area contributed by atoms with Crippen LogP contribution in [0.4, 0.5) is 4.79 Å². The average molecular weight is 409 g/mol. The van der Waals surface area contributed by atoms with Crippen LogP contribution in [-0.4, -0.2) is 39.7 Å². The highest BCUT2D eigenvalue weighted by Gasteiger charge is 2.32. The molecule has 27 heavy (non-hydrogen) atoms. The molecule has 2 aromatic rings. The Morgan fingerprint density at radius 1 is 1.26 bits per heavy atom. The Morgan fingerprint density at radius 3 is 2.70 bits per heavy atom. The molecular weight excluding hydrogens is 392 g/mol. The third kappa shape index (κ3) is 5.08. The number of aryl methyl sites for hydroxylation is 1. The molecule has 2 unspecified atom stereocenters. The van der Waals surface area contributed by atoms with E-state index in [1.165, 1.54) is 0 Å². The first-order valence-electron chi connectivity index (χ1n) is 8.27. The number of nitrogens with zero attached hydrogens (tertiary/aromatic N) is 2. The zero-order valence-corrected chi connectivity index (χ0v) is 16.0. The molecule has 1 aromatic carbocycles. The zero-order chi connectivity index (χ0) is 19.4. The minimum Gasteiger partial charge on any atom is -0.416 e. The Morgan fingerprint density at radius 2 is 2.00 bits per heavy atom. The van der Waals surface area contributed by atoms with Crippen molar-refractivity contribution in [3.8, 4) is 0 Å². The van der Waals surface area contributed by atoms with E-state index in [1.54, 1.807) is 31.2 Å². The number of aromatic nitrogens is 2. The Labute approximate surface area is 164 Å². The van der Waals surface area contributed by atoms with Crippen LogP contribution in [0.15, 0.2) is 33.9 Å². The summed E-state index contributed by atoms with van der Waals surface area (Å²) in [4.78, 5) is 35.3. The number of carbonyl (C=O) groups excluding carboxylic acids is 3. The lowest BCUT2D eigenvalue weighted by Crippen LogP contribution is -2.57. The minimum atomic E-state index is -0.481. The van der Waals surface area contributed by atoms with Crippen LogP contribution in [0.1, 0.15) is 29.6 Å². The van der Waals surface area contributed by atoms with E-state index in [-0.39, 0.29) is 29.4 Å². The highest BCUT2D eigenvalue weighted by atomic mass is 35.5. The maximum Gasteiger partial charge on any atom is 0.321 e. The van der Waals surface area contributed by atoms with Crippen LogP contribution in [0.25, 0.3) is 0 Å². The summed E-state index contributed by atoms with van der Waals surface area (Å²) in [7, 11) is 0. The lowest BCUT2D eigenvalue weighted by Gasteiger charge is -2.28. The van der Waals surface area contributed by atoms with Gasteiger partial charge >= 0.3 is 6.03 Å². The Bertz CT molecular complexity index is 855. The Kier molecular flexibility index (Phi) is 6.12. The molecule has 0 bridgehead atoms. The molecule has 142 valence electrons. The molecule has 8 nitrogen and oxygen atoms in total. The van der Waals surface area contributed by atoms with Crippen LogP contribution in [0.2, 0.25) is 5.02 Å². The van der Waals surface area contributed by atoms with Crippen molar-refractivity contribution in [3.05, 3.63) is 40.7 Å². The van der Waals surface area contributed by atoms with Crippen LogP contribution in [0, 0.1) is 5.92 Å². The topological polar surface area (TPSA) is 114 Å². The van der Waals surface area contributed by atoms with Crippen LogP contribution in [0.5, 0.6) is 0 Å². The van der Waals surface area contributed by atoms with Crippen LogP contribution in [0.3, 0.4) is 0 Å². The number of hydrogen-bond acceptors (Lipinski definition) is 7. The molecular formula is C17H17ClN4O4S. The first-order valence-corrected chi connectivity index (χ1v) is 9.64. The van der Waals surface area contributed by atoms with Gasteiger partial charge in [-0.2, -0.15) is 0 Å². The third-order valence-corrected chi connectivity index (χ3v) is 5.22. The molecule has 3 amide bonds. The van der Waals surface area contributed by atoms with Crippen LogP contribution >= 0.6 is 23.4 Å². The fourth-order valence-electron chi connectivity index (χ4n) is 2.68. The van der Waals surface area contributed by atoms with Crippen molar-refractivity contribution in [2.45, 2.75) is 31.0 Å². The largest absolute Gasteiger partial charge is 0.416 e. The van der Waals surface area contributed by atoms with E-state index in [9.17, 15) is 14.4 Å². The maximum atomic E-state index is 12.1. The number of halogens is 1. The first kappa shape index (κ1) is 19.4. The van der Waals surface area contributed by atoms with Crippen LogP contribution < -0.4 is 10.6 Å². The number of rotatable bonds is 7. The van der Waals surface area contributed by atoms with E-state index >= 15 is 0 Å². The molecule has 1 fully saturated rings. The Hall–Kier alpha value is -2.39. The number of imide groups is 1. The molecule has 10 heteroatoms. The summed E-state index contributed by atoms with van der Waals surface area (Å²) < 4.78 is 5.52. The number of benzene rings is 1. The maximum absolute atomic E-state index is 12.1.